The zero-order valence-corrected chi connectivity index (χ0v) is 9.68. The molecule has 2 rings (SSSR count). The van der Waals surface area contributed by atoms with E-state index in [9.17, 15) is 26.7 Å². The van der Waals surface area contributed by atoms with Crippen LogP contribution in [-0.4, -0.2) is 5.78 Å². The second-order valence-electron chi connectivity index (χ2n) is 3.93. The zero-order chi connectivity index (χ0) is 15.0. The molecule has 0 heterocycles. The molecule has 2 aromatic carbocycles. The topological polar surface area (TPSA) is 43.1 Å². The van der Waals surface area contributed by atoms with Gasteiger partial charge in [-0.15, -0.1) is 0 Å². The lowest BCUT2D eigenvalue weighted by Crippen LogP contribution is -2.10. The first-order valence-electron chi connectivity index (χ1n) is 5.25. The molecule has 104 valence electrons. The van der Waals surface area contributed by atoms with Gasteiger partial charge in [0.25, 0.3) is 0 Å². The van der Waals surface area contributed by atoms with Crippen molar-refractivity contribution in [1.29, 1.82) is 0 Å². The highest BCUT2D eigenvalue weighted by molar-refractivity contribution is 6.09. The Kier molecular flexibility index (Phi) is 3.44. The van der Waals surface area contributed by atoms with E-state index in [1.807, 2.05) is 0 Å². The highest BCUT2D eigenvalue weighted by atomic mass is 19.2. The van der Waals surface area contributed by atoms with E-state index in [0.717, 1.165) is 0 Å². The van der Waals surface area contributed by atoms with Gasteiger partial charge in [-0.05, 0) is 12.1 Å². The molecule has 2 nitrogen and oxygen atoms in total. The Morgan fingerprint density at radius 2 is 1.15 bits per heavy atom. The van der Waals surface area contributed by atoms with Crippen LogP contribution in [0.5, 0.6) is 0 Å². The molecule has 2 N–H and O–H groups in total. The number of nitrogens with two attached hydrogens (primary N) is 1. The van der Waals surface area contributed by atoms with E-state index in [2.05, 4.69) is 0 Å². The smallest absolute Gasteiger partial charge is 0.199 e. The zero-order valence-electron chi connectivity index (χ0n) is 9.68. The molecule has 0 bridgehead atoms. The van der Waals surface area contributed by atoms with Gasteiger partial charge in [0.1, 0.15) is 17.5 Å². The first-order valence-corrected chi connectivity index (χ1v) is 5.25. The SMILES string of the molecule is Nc1cc(C(=O)c2cc(F)c(F)cc2F)c(F)cc1F. The van der Waals surface area contributed by atoms with Crippen molar-refractivity contribution in [2.24, 2.45) is 0 Å². The van der Waals surface area contributed by atoms with E-state index in [1.54, 1.807) is 0 Å². The third-order valence-electron chi connectivity index (χ3n) is 2.59. The summed E-state index contributed by atoms with van der Waals surface area (Å²) < 4.78 is 65.6. The normalized spacial score (nSPS) is 10.7. The second kappa shape index (κ2) is 4.92. The fourth-order valence-corrected chi connectivity index (χ4v) is 1.58. The number of anilines is 1. The summed E-state index contributed by atoms with van der Waals surface area (Å²) in [6.45, 7) is 0. The minimum atomic E-state index is -1.49. The number of nitrogen functional groups attached to an aromatic ring is 1. The molecule has 0 atom stereocenters. The first kappa shape index (κ1) is 14.0. The molecule has 0 saturated heterocycles. The summed E-state index contributed by atoms with van der Waals surface area (Å²) in [4.78, 5) is 11.9. The second-order valence-corrected chi connectivity index (χ2v) is 3.93. The van der Waals surface area contributed by atoms with Gasteiger partial charge in [-0.2, -0.15) is 0 Å². The molecule has 0 fully saturated rings. The standard InChI is InChI=1S/C13H6F5NO/c14-7-3-10(17)9(16)1-5(7)13(20)6-2-12(19)11(18)4-8(6)15/h1-4H,19H2. The Morgan fingerprint density at radius 3 is 1.75 bits per heavy atom. The van der Waals surface area contributed by atoms with Crippen molar-refractivity contribution in [3.05, 3.63) is 64.5 Å². The molecule has 0 aliphatic carbocycles. The largest absolute Gasteiger partial charge is 0.396 e. The molecular formula is C13H6F5NO. The minimum Gasteiger partial charge on any atom is -0.396 e. The predicted octanol–water partition coefficient (Wildman–Crippen LogP) is 3.20. The Morgan fingerprint density at radius 1 is 0.700 bits per heavy atom. The fraction of sp³-hybridized carbons (Fsp3) is 0. The van der Waals surface area contributed by atoms with Gasteiger partial charge < -0.3 is 5.73 Å². The molecule has 0 saturated carbocycles. The molecule has 0 aromatic heterocycles. The minimum absolute atomic E-state index is 0.160. The van der Waals surface area contributed by atoms with Gasteiger partial charge in [0.15, 0.2) is 17.4 Å². The van der Waals surface area contributed by atoms with E-state index in [-0.39, 0.29) is 6.07 Å². The Bertz CT molecular complexity index is 655. The fourth-order valence-electron chi connectivity index (χ4n) is 1.58. The van der Waals surface area contributed by atoms with Crippen LogP contribution in [0.1, 0.15) is 15.9 Å². The van der Waals surface area contributed by atoms with Crippen molar-refractivity contribution < 1.29 is 26.7 Å². The number of carbonyl (C=O) groups excluding carboxylic acids is 1. The molecule has 0 amide bonds. The molecule has 0 spiro atoms. The number of rotatable bonds is 2. The van der Waals surface area contributed by atoms with Crippen molar-refractivity contribution in [3.63, 3.8) is 0 Å². The summed E-state index contributed by atoms with van der Waals surface area (Å²) in [7, 11) is 0. The van der Waals surface area contributed by atoms with E-state index in [4.69, 9.17) is 5.73 Å². The number of ketones is 1. The van der Waals surface area contributed by atoms with Gasteiger partial charge >= 0.3 is 0 Å². The third kappa shape index (κ3) is 2.34. The van der Waals surface area contributed by atoms with Crippen LogP contribution in [-0.2, 0) is 0 Å². The Labute approximate surface area is 109 Å². The van der Waals surface area contributed by atoms with Crippen LogP contribution in [0.4, 0.5) is 27.6 Å². The van der Waals surface area contributed by atoms with Gasteiger partial charge in [0, 0.05) is 12.1 Å². The average molecular weight is 287 g/mol. The number of carbonyl (C=O) groups is 1. The number of halogens is 5. The van der Waals surface area contributed by atoms with Crippen molar-refractivity contribution in [2.45, 2.75) is 0 Å². The molecular weight excluding hydrogens is 281 g/mol. The van der Waals surface area contributed by atoms with Gasteiger partial charge in [-0.1, -0.05) is 0 Å². The summed E-state index contributed by atoms with van der Waals surface area (Å²) in [5, 5.41) is 0. The maximum absolute atomic E-state index is 13.5. The van der Waals surface area contributed by atoms with E-state index >= 15 is 0 Å². The van der Waals surface area contributed by atoms with E-state index in [0.29, 0.717) is 18.2 Å². The lowest BCUT2D eigenvalue weighted by molar-refractivity contribution is 0.103. The molecule has 0 radical (unpaired) electrons. The van der Waals surface area contributed by atoms with Gasteiger partial charge in [0.05, 0.1) is 16.8 Å². The van der Waals surface area contributed by atoms with Crippen LogP contribution < -0.4 is 5.73 Å². The van der Waals surface area contributed by atoms with Crippen LogP contribution >= 0.6 is 0 Å². The highest BCUT2D eigenvalue weighted by Gasteiger charge is 2.21. The van der Waals surface area contributed by atoms with E-state index < -0.39 is 51.7 Å². The lowest BCUT2D eigenvalue weighted by Gasteiger charge is -2.06. The van der Waals surface area contributed by atoms with Crippen molar-refractivity contribution in [2.75, 3.05) is 5.73 Å². The predicted molar refractivity (Wildman–Crippen MR) is 60.5 cm³/mol. The summed E-state index contributed by atoms with van der Waals surface area (Å²) in [6.07, 6.45) is 0. The first-order chi connectivity index (χ1) is 9.31. The van der Waals surface area contributed by atoms with Crippen LogP contribution in [0, 0.1) is 29.1 Å². The summed E-state index contributed by atoms with van der Waals surface area (Å²) in [5.41, 5.74) is 3.02. The van der Waals surface area contributed by atoms with Crippen LogP contribution in [0.3, 0.4) is 0 Å². The lowest BCUT2D eigenvalue weighted by atomic mass is 10.0. The maximum Gasteiger partial charge on any atom is 0.199 e. The molecule has 2 aromatic rings. The Balaban J connectivity index is 2.57. The monoisotopic (exact) mass is 287 g/mol. The van der Waals surface area contributed by atoms with Gasteiger partial charge in [0.2, 0.25) is 0 Å². The molecule has 0 aliphatic heterocycles. The molecule has 0 unspecified atom stereocenters. The van der Waals surface area contributed by atoms with Crippen LogP contribution in [0.15, 0.2) is 24.3 Å². The van der Waals surface area contributed by atoms with Crippen molar-refractivity contribution in [1.82, 2.24) is 0 Å². The third-order valence-corrected chi connectivity index (χ3v) is 2.59. The van der Waals surface area contributed by atoms with Gasteiger partial charge in [-0.3, -0.25) is 4.79 Å². The average Bonchev–Trinajstić information content (AvgIpc) is 2.37. The Hall–Kier alpha value is -2.44. The number of hydrogen-bond acceptors (Lipinski definition) is 2. The summed E-state index contributed by atoms with van der Waals surface area (Å²) >= 11 is 0. The van der Waals surface area contributed by atoms with Gasteiger partial charge in [-0.25, -0.2) is 22.0 Å². The molecule has 0 aliphatic rings. The van der Waals surface area contributed by atoms with Crippen molar-refractivity contribution in [3.8, 4) is 0 Å². The van der Waals surface area contributed by atoms with E-state index in [1.165, 1.54) is 0 Å². The summed E-state index contributed by atoms with van der Waals surface area (Å²) in [5.74, 6) is -7.97. The number of benzene rings is 2. The highest BCUT2D eigenvalue weighted by Crippen LogP contribution is 2.22. The van der Waals surface area contributed by atoms with Crippen molar-refractivity contribution >= 4 is 11.5 Å². The summed E-state index contributed by atoms with van der Waals surface area (Å²) in [6, 6.07) is 1.47. The van der Waals surface area contributed by atoms with Crippen LogP contribution in [0.2, 0.25) is 0 Å². The van der Waals surface area contributed by atoms with Crippen LogP contribution in [0.25, 0.3) is 0 Å². The number of hydrogen-bond donors (Lipinski definition) is 1. The maximum atomic E-state index is 13.5. The quantitative estimate of drug-likeness (QED) is 0.399. The molecule has 20 heavy (non-hydrogen) atoms. The molecule has 7 heteroatoms.